The second-order valence-corrected chi connectivity index (χ2v) is 6.78. The van der Waals surface area contributed by atoms with Crippen LogP contribution in [0.25, 0.3) is 11.4 Å². The number of nitrogens with one attached hydrogen (secondary N) is 1. The topological polar surface area (TPSA) is 74.5 Å². The van der Waals surface area contributed by atoms with Gasteiger partial charge in [0.25, 0.3) is 0 Å². The van der Waals surface area contributed by atoms with Gasteiger partial charge in [-0.1, -0.05) is 29.4 Å². The van der Waals surface area contributed by atoms with Crippen LogP contribution in [0.5, 0.6) is 0 Å². The summed E-state index contributed by atoms with van der Waals surface area (Å²) in [6.07, 6.45) is 2.13. The van der Waals surface area contributed by atoms with Crippen molar-refractivity contribution in [3.8, 4) is 11.4 Å². The number of carbonyl (C=O) groups excluding carboxylic acids is 1. The monoisotopic (exact) mass is 341 g/mol. The van der Waals surface area contributed by atoms with Crippen LogP contribution in [0.2, 0.25) is 0 Å². The van der Waals surface area contributed by atoms with Crippen molar-refractivity contribution >= 4 is 6.03 Å². The molecule has 0 spiro atoms. The first-order valence-corrected chi connectivity index (χ1v) is 8.86. The van der Waals surface area contributed by atoms with Gasteiger partial charge in [-0.05, 0) is 31.9 Å². The van der Waals surface area contributed by atoms with Crippen molar-refractivity contribution in [2.75, 3.05) is 26.2 Å². The summed E-state index contributed by atoms with van der Waals surface area (Å²) in [6.45, 7) is 6.07. The summed E-state index contributed by atoms with van der Waals surface area (Å²) in [7, 11) is 0. The Hall–Kier alpha value is -2.41. The molecule has 0 saturated carbocycles. The van der Waals surface area contributed by atoms with Gasteiger partial charge in [0.2, 0.25) is 11.7 Å². The number of hydrogen-bond donors (Lipinski definition) is 1. The van der Waals surface area contributed by atoms with Crippen LogP contribution in [0.3, 0.4) is 0 Å². The average Bonchev–Trinajstić information content (AvgIpc) is 3.25. The molecule has 2 amide bonds. The zero-order chi connectivity index (χ0) is 17.2. The molecule has 132 valence electrons. The van der Waals surface area contributed by atoms with Crippen molar-refractivity contribution in [3.05, 3.63) is 35.7 Å². The number of hydrogen-bond acceptors (Lipinski definition) is 5. The molecule has 0 radical (unpaired) electrons. The smallest absolute Gasteiger partial charge is 0.317 e. The van der Waals surface area contributed by atoms with Crippen molar-refractivity contribution in [3.63, 3.8) is 0 Å². The predicted octanol–water partition coefficient (Wildman–Crippen LogP) is 2.03. The lowest BCUT2D eigenvalue weighted by Crippen LogP contribution is -2.48. The fourth-order valence-corrected chi connectivity index (χ4v) is 3.71. The number of amides is 2. The minimum atomic E-state index is 0.0616. The molecule has 1 atom stereocenters. The van der Waals surface area contributed by atoms with Crippen LogP contribution in [-0.2, 0) is 6.54 Å². The van der Waals surface area contributed by atoms with Gasteiger partial charge in [-0.25, -0.2) is 4.79 Å². The normalized spacial score (nSPS) is 21.6. The van der Waals surface area contributed by atoms with Crippen LogP contribution in [0.15, 0.2) is 28.8 Å². The molecule has 25 heavy (non-hydrogen) atoms. The molecule has 2 aliphatic rings. The van der Waals surface area contributed by atoms with Crippen LogP contribution in [0.4, 0.5) is 4.79 Å². The molecule has 2 fully saturated rings. The van der Waals surface area contributed by atoms with E-state index in [2.05, 4.69) is 20.4 Å². The maximum absolute atomic E-state index is 11.9. The van der Waals surface area contributed by atoms with Crippen molar-refractivity contribution < 1.29 is 9.32 Å². The molecule has 4 rings (SSSR count). The summed E-state index contributed by atoms with van der Waals surface area (Å²) in [5.74, 6) is 1.27. The van der Waals surface area contributed by atoms with Crippen LogP contribution in [-0.4, -0.2) is 58.2 Å². The number of aryl methyl sites for hydroxylation is 1. The molecule has 1 aromatic heterocycles. The van der Waals surface area contributed by atoms with E-state index in [0.717, 1.165) is 50.1 Å². The van der Waals surface area contributed by atoms with Crippen LogP contribution < -0.4 is 5.32 Å². The Labute approximate surface area is 147 Å². The SMILES string of the molecule is Cc1ccccc1-c1noc(CN2CCC[C@@H](N3CCNC3=O)C2)n1. The number of urea groups is 1. The highest BCUT2D eigenvalue weighted by molar-refractivity contribution is 5.76. The van der Waals surface area contributed by atoms with Gasteiger partial charge in [-0.3, -0.25) is 4.90 Å². The van der Waals surface area contributed by atoms with E-state index in [9.17, 15) is 4.79 Å². The largest absolute Gasteiger partial charge is 0.338 e. The van der Waals surface area contributed by atoms with Crippen LogP contribution in [0.1, 0.15) is 24.3 Å². The minimum absolute atomic E-state index is 0.0616. The zero-order valence-corrected chi connectivity index (χ0v) is 14.4. The lowest BCUT2D eigenvalue weighted by atomic mass is 10.0. The van der Waals surface area contributed by atoms with Crippen LogP contribution >= 0.6 is 0 Å². The summed E-state index contributed by atoms with van der Waals surface area (Å²) in [5, 5.41) is 7.02. The molecular weight excluding hydrogens is 318 g/mol. The number of piperidine rings is 1. The van der Waals surface area contributed by atoms with Crippen molar-refractivity contribution in [2.24, 2.45) is 0 Å². The van der Waals surface area contributed by atoms with Gasteiger partial charge < -0.3 is 14.7 Å². The highest BCUT2D eigenvalue weighted by atomic mass is 16.5. The zero-order valence-electron chi connectivity index (χ0n) is 14.4. The Bertz CT molecular complexity index is 759. The van der Waals surface area contributed by atoms with Crippen molar-refractivity contribution in [1.29, 1.82) is 0 Å². The fourth-order valence-electron chi connectivity index (χ4n) is 3.71. The molecule has 0 bridgehead atoms. The first-order chi connectivity index (χ1) is 12.2. The summed E-state index contributed by atoms with van der Waals surface area (Å²) in [5.41, 5.74) is 2.13. The highest BCUT2D eigenvalue weighted by Crippen LogP contribution is 2.22. The predicted molar refractivity (Wildman–Crippen MR) is 92.9 cm³/mol. The van der Waals surface area contributed by atoms with E-state index in [0.29, 0.717) is 18.3 Å². The second kappa shape index (κ2) is 6.84. The van der Waals surface area contributed by atoms with Gasteiger partial charge in [0.05, 0.1) is 6.54 Å². The van der Waals surface area contributed by atoms with E-state index >= 15 is 0 Å². The van der Waals surface area contributed by atoms with Gasteiger partial charge in [0.1, 0.15) is 0 Å². The van der Waals surface area contributed by atoms with Crippen molar-refractivity contribution in [2.45, 2.75) is 32.4 Å². The van der Waals surface area contributed by atoms with Gasteiger partial charge in [-0.15, -0.1) is 0 Å². The molecule has 0 unspecified atom stereocenters. The third-order valence-corrected chi connectivity index (χ3v) is 5.02. The Morgan fingerprint density at radius 1 is 1.32 bits per heavy atom. The number of likely N-dealkylation sites (tertiary alicyclic amines) is 1. The minimum Gasteiger partial charge on any atom is -0.338 e. The Morgan fingerprint density at radius 2 is 2.20 bits per heavy atom. The molecule has 2 aliphatic heterocycles. The molecule has 1 aromatic carbocycles. The van der Waals surface area contributed by atoms with Crippen molar-refractivity contribution in [1.82, 2.24) is 25.3 Å². The molecule has 7 nitrogen and oxygen atoms in total. The molecule has 7 heteroatoms. The Kier molecular flexibility index (Phi) is 4.40. The summed E-state index contributed by atoms with van der Waals surface area (Å²) in [4.78, 5) is 20.7. The average molecular weight is 341 g/mol. The van der Waals surface area contributed by atoms with E-state index in [1.54, 1.807) is 0 Å². The first-order valence-electron chi connectivity index (χ1n) is 8.86. The molecule has 2 aromatic rings. The third-order valence-electron chi connectivity index (χ3n) is 5.02. The van der Waals surface area contributed by atoms with Crippen LogP contribution in [0, 0.1) is 6.92 Å². The van der Waals surface area contributed by atoms with E-state index < -0.39 is 0 Å². The molecule has 3 heterocycles. The Morgan fingerprint density at radius 3 is 3.00 bits per heavy atom. The summed E-state index contributed by atoms with van der Waals surface area (Å²) in [6, 6.07) is 8.37. The lowest BCUT2D eigenvalue weighted by Gasteiger charge is -2.36. The van der Waals surface area contributed by atoms with Gasteiger partial charge in [-0.2, -0.15) is 4.98 Å². The van der Waals surface area contributed by atoms with E-state index in [1.165, 1.54) is 0 Å². The molecular formula is C18H23N5O2. The highest BCUT2D eigenvalue weighted by Gasteiger charge is 2.31. The molecule has 0 aliphatic carbocycles. The lowest BCUT2D eigenvalue weighted by molar-refractivity contribution is 0.113. The van der Waals surface area contributed by atoms with Gasteiger partial charge >= 0.3 is 6.03 Å². The third kappa shape index (κ3) is 3.37. The Balaban J connectivity index is 1.42. The van der Waals surface area contributed by atoms with E-state index in [1.807, 2.05) is 36.1 Å². The number of nitrogens with zero attached hydrogens (tertiary/aromatic N) is 4. The van der Waals surface area contributed by atoms with E-state index in [4.69, 9.17) is 4.52 Å². The van der Waals surface area contributed by atoms with Gasteiger partial charge in [0, 0.05) is 31.2 Å². The molecule has 1 N–H and O–H groups in total. The van der Waals surface area contributed by atoms with Gasteiger partial charge in [0.15, 0.2) is 0 Å². The maximum Gasteiger partial charge on any atom is 0.317 e. The number of carbonyl (C=O) groups is 1. The summed E-state index contributed by atoms with van der Waals surface area (Å²) >= 11 is 0. The standard InChI is InChI=1S/C18H23N5O2/c1-13-5-2-3-7-15(13)17-20-16(25-21-17)12-22-9-4-6-14(11-22)23-10-8-19-18(23)24/h2-3,5,7,14H,4,6,8-12H2,1H3,(H,19,24)/t14-/m1/s1. The fraction of sp³-hybridized carbons (Fsp3) is 0.500. The summed E-state index contributed by atoms with van der Waals surface area (Å²) < 4.78 is 5.46. The quantitative estimate of drug-likeness (QED) is 0.921. The maximum atomic E-state index is 11.9. The molecule has 2 saturated heterocycles. The number of aromatic nitrogens is 2. The number of benzene rings is 1. The second-order valence-electron chi connectivity index (χ2n) is 6.78. The number of rotatable bonds is 4. The first kappa shape index (κ1) is 16.1. The van der Waals surface area contributed by atoms with E-state index in [-0.39, 0.29) is 12.1 Å².